The second-order valence-corrected chi connectivity index (χ2v) is 6.53. The Kier molecular flexibility index (Phi) is 4.30. The smallest absolute Gasteiger partial charge is 0.280 e. The number of ether oxygens (including phenoxy) is 1. The molecule has 0 bridgehead atoms. The van der Waals surface area contributed by atoms with Crippen LogP contribution in [-0.4, -0.2) is 48.5 Å². The van der Waals surface area contributed by atoms with Crippen molar-refractivity contribution in [3.63, 3.8) is 0 Å². The van der Waals surface area contributed by atoms with Gasteiger partial charge in [0.2, 0.25) is 11.9 Å². The summed E-state index contributed by atoms with van der Waals surface area (Å²) in [5.74, 6) is 0.279. The number of imidazole rings is 1. The van der Waals surface area contributed by atoms with Crippen LogP contribution in [0.5, 0.6) is 0 Å². The van der Waals surface area contributed by atoms with Crippen molar-refractivity contribution in [3.05, 3.63) is 40.2 Å². The number of aryl methyl sites for hydroxylation is 1. The molecule has 0 saturated carbocycles. The fraction of sp³-hybridized carbons (Fsp3) is 0.353. The first kappa shape index (κ1) is 17.5. The van der Waals surface area contributed by atoms with Crippen LogP contribution in [0.1, 0.15) is 18.2 Å². The van der Waals surface area contributed by atoms with E-state index in [4.69, 9.17) is 10.5 Å². The van der Waals surface area contributed by atoms with Gasteiger partial charge in [0.1, 0.15) is 12.3 Å². The zero-order chi connectivity index (χ0) is 19.1. The second-order valence-electron chi connectivity index (χ2n) is 6.53. The standard InChI is InChI=1S/C17H20N6O4/c1-8-2-4-9(5-3-8)19-17-20-13-14(21-16(18)22-15(13)26)23(17)12-6-10(25)11(7-24)27-12/h2-5,10-12,24-25H,6-7H2,1H3,(H,19,20)(H3,18,21,22,26)/t10-,11+,12+/m0/s1. The molecule has 3 aromatic rings. The summed E-state index contributed by atoms with van der Waals surface area (Å²) in [5, 5.41) is 22.6. The first-order valence-electron chi connectivity index (χ1n) is 8.52. The molecule has 1 saturated heterocycles. The van der Waals surface area contributed by atoms with E-state index in [1.807, 2.05) is 31.2 Å². The third kappa shape index (κ3) is 3.14. The zero-order valence-electron chi connectivity index (χ0n) is 14.6. The van der Waals surface area contributed by atoms with Gasteiger partial charge in [-0.1, -0.05) is 17.7 Å². The summed E-state index contributed by atoms with van der Waals surface area (Å²) in [5.41, 5.74) is 7.43. The predicted molar refractivity (Wildman–Crippen MR) is 98.6 cm³/mol. The number of hydrogen-bond donors (Lipinski definition) is 5. The topological polar surface area (TPSA) is 151 Å². The fourth-order valence-electron chi connectivity index (χ4n) is 3.17. The van der Waals surface area contributed by atoms with Gasteiger partial charge in [-0.15, -0.1) is 0 Å². The highest BCUT2D eigenvalue weighted by Crippen LogP contribution is 2.34. The maximum absolute atomic E-state index is 12.3. The van der Waals surface area contributed by atoms with Crippen molar-refractivity contribution in [3.8, 4) is 0 Å². The molecule has 3 atom stereocenters. The molecule has 1 aliphatic rings. The van der Waals surface area contributed by atoms with Crippen molar-refractivity contribution in [2.75, 3.05) is 17.7 Å². The van der Waals surface area contributed by atoms with E-state index in [1.165, 1.54) is 0 Å². The van der Waals surface area contributed by atoms with Crippen LogP contribution in [0.25, 0.3) is 11.2 Å². The number of H-pyrrole nitrogens is 1. The highest BCUT2D eigenvalue weighted by atomic mass is 16.5. The van der Waals surface area contributed by atoms with Gasteiger partial charge < -0.3 is 26.0 Å². The number of nitrogens with one attached hydrogen (secondary N) is 2. The summed E-state index contributed by atoms with van der Waals surface area (Å²) in [7, 11) is 0. The Balaban J connectivity index is 1.83. The lowest BCUT2D eigenvalue weighted by molar-refractivity contribution is -0.0425. The lowest BCUT2D eigenvalue weighted by atomic mass is 10.2. The molecular formula is C17H20N6O4. The summed E-state index contributed by atoms with van der Waals surface area (Å²) in [6, 6.07) is 7.64. The van der Waals surface area contributed by atoms with Crippen LogP contribution < -0.4 is 16.6 Å². The molecule has 2 aromatic heterocycles. The molecule has 1 fully saturated rings. The van der Waals surface area contributed by atoms with Crippen molar-refractivity contribution < 1.29 is 14.9 Å². The molecule has 0 spiro atoms. The van der Waals surface area contributed by atoms with Crippen molar-refractivity contribution >= 4 is 28.7 Å². The summed E-state index contributed by atoms with van der Waals surface area (Å²) in [6.45, 7) is 1.66. The van der Waals surface area contributed by atoms with E-state index in [1.54, 1.807) is 4.57 Å². The van der Waals surface area contributed by atoms with E-state index in [0.29, 0.717) is 5.95 Å². The maximum Gasteiger partial charge on any atom is 0.280 e. The highest BCUT2D eigenvalue weighted by molar-refractivity contribution is 5.76. The Hall–Kier alpha value is -2.95. The molecule has 3 heterocycles. The van der Waals surface area contributed by atoms with Gasteiger partial charge in [-0.2, -0.15) is 4.98 Å². The predicted octanol–water partition coefficient (Wildman–Crippen LogP) is 0.395. The normalized spacial score (nSPS) is 22.4. The number of aliphatic hydroxyl groups is 2. The number of hydrogen-bond acceptors (Lipinski definition) is 8. The Morgan fingerprint density at radius 3 is 2.78 bits per heavy atom. The largest absolute Gasteiger partial charge is 0.394 e. The van der Waals surface area contributed by atoms with Gasteiger partial charge >= 0.3 is 0 Å². The minimum Gasteiger partial charge on any atom is -0.394 e. The van der Waals surface area contributed by atoms with E-state index in [-0.39, 0.29) is 30.1 Å². The Morgan fingerprint density at radius 2 is 2.11 bits per heavy atom. The molecular weight excluding hydrogens is 352 g/mol. The van der Waals surface area contributed by atoms with Crippen molar-refractivity contribution in [1.82, 2.24) is 19.5 Å². The molecule has 1 aliphatic heterocycles. The van der Waals surface area contributed by atoms with Gasteiger partial charge in [-0.05, 0) is 19.1 Å². The van der Waals surface area contributed by atoms with Gasteiger partial charge in [0.15, 0.2) is 11.2 Å². The molecule has 4 rings (SSSR count). The number of anilines is 3. The Bertz CT molecular complexity index is 1030. The molecule has 10 nitrogen and oxygen atoms in total. The molecule has 0 unspecified atom stereocenters. The number of aliphatic hydroxyl groups excluding tert-OH is 2. The number of aromatic nitrogens is 4. The van der Waals surface area contributed by atoms with Crippen molar-refractivity contribution in [2.24, 2.45) is 0 Å². The van der Waals surface area contributed by atoms with Crippen LogP contribution in [0, 0.1) is 6.92 Å². The van der Waals surface area contributed by atoms with Crippen molar-refractivity contribution in [2.45, 2.75) is 31.8 Å². The molecule has 1 aromatic carbocycles. The average Bonchev–Trinajstić information content (AvgIpc) is 3.17. The summed E-state index contributed by atoms with van der Waals surface area (Å²) < 4.78 is 7.33. The average molecular weight is 372 g/mol. The molecule has 6 N–H and O–H groups in total. The molecule has 142 valence electrons. The van der Waals surface area contributed by atoms with Gasteiger partial charge in [0.25, 0.3) is 5.56 Å². The molecule has 0 radical (unpaired) electrons. The summed E-state index contributed by atoms with van der Waals surface area (Å²) in [4.78, 5) is 23.2. The third-order valence-electron chi connectivity index (χ3n) is 4.55. The number of nitrogens with zero attached hydrogens (tertiary/aromatic N) is 3. The minimum atomic E-state index is -0.844. The summed E-state index contributed by atoms with van der Waals surface area (Å²) in [6.07, 6.45) is -2.01. The second kappa shape index (κ2) is 6.65. The number of benzene rings is 1. The van der Waals surface area contributed by atoms with Crippen LogP contribution >= 0.6 is 0 Å². The lowest BCUT2D eigenvalue weighted by Gasteiger charge is -2.17. The van der Waals surface area contributed by atoms with E-state index >= 15 is 0 Å². The number of aromatic amines is 1. The van der Waals surface area contributed by atoms with E-state index in [0.717, 1.165) is 11.3 Å². The SMILES string of the molecule is Cc1ccc(Nc2nc3c(=O)[nH]c(N)nc3n2[C@H]2C[C@H](O)[C@@H](CO)O2)cc1. The van der Waals surface area contributed by atoms with Crippen LogP contribution in [0.3, 0.4) is 0 Å². The first-order valence-corrected chi connectivity index (χ1v) is 8.52. The molecule has 0 amide bonds. The fourth-order valence-corrected chi connectivity index (χ4v) is 3.17. The first-order chi connectivity index (χ1) is 13.0. The number of fused-ring (bicyclic) bond motifs is 1. The number of nitrogen functional groups attached to an aromatic ring is 1. The highest BCUT2D eigenvalue weighted by Gasteiger charge is 2.37. The van der Waals surface area contributed by atoms with Gasteiger partial charge in [0.05, 0.1) is 12.7 Å². The monoisotopic (exact) mass is 372 g/mol. The van der Waals surface area contributed by atoms with Crippen LogP contribution in [0.15, 0.2) is 29.1 Å². The van der Waals surface area contributed by atoms with E-state index < -0.39 is 24.0 Å². The number of nitrogens with two attached hydrogens (primary N) is 1. The van der Waals surface area contributed by atoms with E-state index in [9.17, 15) is 15.0 Å². The Morgan fingerprint density at radius 1 is 1.37 bits per heavy atom. The lowest BCUT2D eigenvalue weighted by Crippen LogP contribution is -2.24. The zero-order valence-corrected chi connectivity index (χ0v) is 14.6. The van der Waals surface area contributed by atoms with Gasteiger partial charge in [0, 0.05) is 12.1 Å². The van der Waals surface area contributed by atoms with Crippen molar-refractivity contribution in [1.29, 1.82) is 0 Å². The molecule has 27 heavy (non-hydrogen) atoms. The number of rotatable bonds is 4. The third-order valence-corrected chi connectivity index (χ3v) is 4.55. The minimum absolute atomic E-state index is 0.0483. The quantitative estimate of drug-likeness (QED) is 0.441. The maximum atomic E-state index is 12.3. The van der Waals surface area contributed by atoms with Crippen LogP contribution in [0.4, 0.5) is 17.6 Å². The van der Waals surface area contributed by atoms with Gasteiger partial charge in [-0.25, -0.2) is 4.98 Å². The van der Waals surface area contributed by atoms with E-state index in [2.05, 4.69) is 20.3 Å². The summed E-state index contributed by atoms with van der Waals surface area (Å²) >= 11 is 0. The Labute approximate surface area is 153 Å². The van der Waals surface area contributed by atoms with Gasteiger partial charge in [-0.3, -0.25) is 14.3 Å². The van der Waals surface area contributed by atoms with Crippen LogP contribution in [-0.2, 0) is 4.74 Å². The van der Waals surface area contributed by atoms with Crippen LogP contribution in [0.2, 0.25) is 0 Å². The molecule has 0 aliphatic carbocycles. The molecule has 10 heteroatoms.